The molecule has 0 spiro atoms. The third kappa shape index (κ3) is 5.27. The Balaban J connectivity index is 1.70. The molecule has 0 aliphatic carbocycles. The summed E-state index contributed by atoms with van der Waals surface area (Å²) < 4.78 is 38.8. The minimum atomic E-state index is -3.76. The summed E-state index contributed by atoms with van der Waals surface area (Å²) >= 11 is 0. The molecule has 3 rings (SSSR count). The first-order valence-electron chi connectivity index (χ1n) is 9.59. The number of hydrogen-bond donors (Lipinski definition) is 1. The van der Waals surface area contributed by atoms with Gasteiger partial charge in [-0.3, -0.25) is 9.52 Å². The van der Waals surface area contributed by atoms with Gasteiger partial charge in [0.1, 0.15) is 5.75 Å². The molecule has 1 fully saturated rings. The molecule has 0 saturated carbocycles. The Morgan fingerprint density at radius 2 is 1.66 bits per heavy atom. The van der Waals surface area contributed by atoms with Gasteiger partial charge in [0.25, 0.3) is 15.9 Å². The maximum atomic E-state index is 12.7. The Hall–Kier alpha value is -2.58. The monoisotopic (exact) mass is 418 g/mol. The second-order valence-corrected chi connectivity index (χ2v) is 8.74. The molecule has 0 bridgehead atoms. The van der Waals surface area contributed by atoms with Crippen LogP contribution in [0.15, 0.2) is 53.4 Å². The van der Waals surface area contributed by atoms with E-state index in [2.05, 4.69) is 4.72 Å². The van der Waals surface area contributed by atoms with Crippen LogP contribution in [-0.4, -0.2) is 51.1 Å². The Kier molecular flexibility index (Phi) is 6.44. The molecule has 1 heterocycles. The average molecular weight is 419 g/mol. The molecule has 1 saturated heterocycles. The summed E-state index contributed by atoms with van der Waals surface area (Å²) in [6, 6.07) is 12.7. The van der Waals surface area contributed by atoms with Crippen LogP contribution in [0, 0.1) is 0 Å². The van der Waals surface area contributed by atoms with Crippen LogP contribution in [0.1, 0.15) is 31.1 Å². The van der Waals surface area contributed by atoms with Crippen molar-refractivity contribution in [3.8, 4) is 5.75 Å². The highest BCUT2D eigenvalue weighted by Crippen LogP contribution is 2.21. The molecule has 8 heteroatoms. The van der Waals surface area contributed by atoms with Crippen LogP contribution >= 0.6 is 0 Å². The van der Waals surface area contributed by atoms with Crippen LogP contribution in [0.25, 0.3) is 0 Å². The van der Waals surface area contributed by atoms with E-state index < -0.39 is 10.0 Å². The molecule has 0 radical (unpaired) electrons. The summed E-state index contributed by atoms with van der Waals surface area (Å²) in [4.78, 5) is 14.5. The van der Waals surface area contributed by atoms with Crippen molar-refractivity contribution in [3.05, 3.63) is 54.1 Å². The first-order valence-corrected chi connectivity index (χ1v) is 11.1. The van der Waals surface area contributed by atoms with Crippen LogP contribution in [0.3, 0.4) is 0 Å². The van der Waals surface area contributed by atoms with E-state index in [9.17, 15) is 13.2 Å². The number of benzene rings is 2. The van der Waals surface area contributed by atoms with E-state index in [-0.39, 0.29) is 23.0 Å². The Bertz CT molecular complexity index is 932. The van der Waals surface area contributed by atoms with E-state index in [1.54, 1.807) is 41.3 Å². The van der Waals surface area contributed by atoms with Crippen molar-refractivity contribution in [2.24, 2.45) is 0 Å². The molecule has 1 N–H and O–H groups in total. The molecule has 0 unspecified atom stereocenters. The quantitative estimate of drug-likeness (QED) is 0.779. The molecule has 2 atom stereocenters. The number of carbonyl (C=O) groups excluding carboxylic acids is 1. The fourth-order valence-electron chi connectivity index (χ4n) is 3.30. The fraction of sp³-hybridized carbons (Fsp3) is 0.381. The van der Waals surface area contributed by atoms with Gasteiger partial charge in [-0.25, -0.2) is 8.42 Å². The summed E-state index contributed by atoms with van der Waals surface area (Å²) in [5, 5.41) is 0. The molecular weight excluding hydrogens is 392 g/mol. The van der Waals surface area contributed by atoms with Crippen LogP contribution < -0.4 is 9.46 Å². The number of nitrogens with zero attached hydrogens (tertiary/aromatic N) is 1. The number of rotatable bonds is 6. The van der Waals surface area contributed by atoms with Gasteiger partial charge in [-0.15, -0.1) is 0 Å². The summed E-state index contributed by atoms with van der Waals surface area (Å²) in [7, 11) is -3.76. The van der Waals surface area contributed by atoms with Gasteiger partial charge in [0.15, 0.2) is 0 Å². The second kappa shape index (κ2) is 8.84. The SMILES string of the molecule is CCOc1ccc(NS(=O)(=O)c2ccc(C(=O)N3C[C@@H](C)O[C@H](C)C3)cc2)cc1. The second-order valence-electron chi connectivity index (χ2n) is 7.05. The standard InChI is InChI=1S/C21H26N2O5S/c1-4-27-19-9-7-18(8-10-19)22-29(25,26)20-11-5-17(6-12-20)21(24)23-13-15(2)28-16(3)14-23/h5-12,15-16,22H,4,13-14H2,1-3H3/t15-,16-/m1/s1. The number of hydrogen-bond acceptors (Lipinski definition) is 5. The lowest BCUT2D eigenvalue weighted by molar-refractivity contribution is -0.0586. The Labute approximate surface area is 171 Å². The lowest BCUT2D eigenvalue weighted by Gasteiger charge is -2.35. The van der Waals surface area contributed by atoms with Gasteiger partial charge >= 0.3 is 0 Å². The summed E-state index contributed by atoms with van der Waals surface area (Å²) in [6.45, 7) is 7.31. The molecule has 2 aromatic carbocycles. The van der Waals surface area contributed by atoms with Crippen LogP contribution in [0.5, 0.6) is 5.75 Å². The third-order valence-corrected chi connectivity index (χ3v) is 5.93. The highest BCUT2D eigenvalue weighted by atomic mass is 32.2. The lowest BCUT2D eigenvalue weighted by atomic mass is 10.1. The van der Waals surface area contributed by atoms with Crippen molar-refractivity contribution in [1.29, 1.82) is 0 Å². The molecular formula is C21H26N2O5S. The highest BCUT2D eigenvalue weighted by Gasteiger charge is 2.27. The first kappa shape index (κ1) is 21.1. The largest absolute Gasteiger partial charge is 0.494 e. The number of sulfonamides is 1. The van der Waals surface area contributed by atoms with Crippen LogP contribution in [0.2, 0.25) is 0 Å². The van der Waals surface area contributed by atoms with E-state index in [0.29, 0.717) is 36.7 Å². The van der Waals surface area contributed by atoms with E-state index in [1.165, 1.54) is 12.1 Å². The number of anilines is 1. The Morgan fingerprint density at radius 3 is 2.21 bits per heavy atom. The van der Waals surface area contributed by atoms with Gasteiger partial charge in [0.05, 0.1) is 23.7 Å². The number of ether oxygens (including phenoxy) is 2. The molecule has 1 amide bonds. The van der Waals surface area contributed by atoms with Crippen molar-refractivity contribution in [2.45, 2.75) is 37.9 Å². The number of amides is 1. The maximum Gasteiger partial charge on any atom is 0.261 e. The maximum absolute atomic E-state index is 12.7. The van der Waals surface area contributed by atoms with Crippen molar-refractivity contribution >= 4 is 21.6 Å². The predicted octanol–water partition coefficient (Wildman–Crippen LogP) is 3.14. The Morgan fingerprint density at radius 1 is 1.07 bits per heavy atom. The van der Waals surface area contributed by atoms with Crippen LogP contribution in [-0.2, 0) is 14.8 Å². The molecule has 2 aromatic rings. The first-order chi connectivity index (χ1) is 13.8. The minimum Gasteiger partial charge on any atom is -0.494 e. The predicted molar refractivity (Wildman–Crippen MR) is 111 cm³/mol. The van der Waals surface area contributed by atoms with E-state index >= 15 is 0 Å². The molecule has 1 aliphatic heterocycles. The van der Waals surface area contributed by atoms with Crippen molar-refractivity contribution < 1.29 is 22.7 Å². The van der Waals surface area contributed by atoms with E-state index in [0.717, 1.165) is 0 Å². The summed E-state index contributed by atoms with van der Waals surface area (Å²) in [5.41, 5.74) is 0.885. The normalized spacial score (nSPS) is 19.6. The van der Waals surface area contributed by atoms with Crippen molar-refractivity contribution in [3.63, 3.8) is 0 Å². The fourth-order valence-corrected chi connectivity index (χ4v) is 4.36. The average Bonchev–Trinajstić information content (AvgIpc) is 2.68. The third-order valence-electron chi connectivity index (χ3n) is 4.54. The number of nitrogens with one attached hydrogen (secondary N) is 1. The topological polar surface area (TPSA) is 84.9 Å². The highest BCUT2D eigenvalue weighted by molar-refractivity contribution is 7.92. The zero-order valence-electron chi connectivity index (χ0n) is 16.8. The zero-order valence-corrected chi connectivity index (χ0v) is 17.6. The van der Waals surface area contributed by atoms with Gasteiger partial charge in [0.2, 0.25) is 0 Å². The van der Waals surface area contributed by atoms with Gasteiger partial charge in [0, 0.05) is 24.3 Å². The number of carbonyl (C=O) groups is 1. The molecule has 0 aromatic heterocycles. The minimum absolute atomic E-state index is 0.0272. The summed E-state index contributed by atoms with van der Waals surface area (Å²) in [5.74, 6) is 0.542. The van der Waals surface area contributed by atoms with Crippen molar-refractivity contribution in [2.75, 3.05) is 24.4 Å². The van der Waals surface area contributed by atoms with Crippen LogP contribution in [0.4, 0.5) is 5.69 Å². The molecule has 29 heavy (non-hydrogen) atoms. The lowest BCUT2D eigenvalue weighted by Crippen LogP contribution is -2.48. The van der Waals surface area contributed by atoms with E-state index in [4.69, 9.17) is 9.47 Å². The smallest absolute Gasteiger partial charge is 0.261 e. The molecule has 7 nitrogen and oxygen atoms in total. The molecule has 1 aliphatic rings. The zero-order chi connectivity index (χ0) is 21.0. The molecule has 156 valence electrons. The van der Waals surface area contributed by atoms with Gasteiger partial charge < -0.3 is 14.4 Å². The van der Waals surface area contributed by atoms with Crippen molar-refractivity contribution in [1.82, 2.24) is 4.90 Å². The van der Waals surface area contributed by atoms with E-state index in [1.807, 2.05) is 20.8 Å². The van der Waals surface area contributed by atoms with Gasteiger partial charge in [-0.05, 0) is 69.3 Å². The number of morpholine rings is 1. The van der Waals surface area contributed by atoms with Gasteiger partial charge in [-0.1, -0.05) is 0 Å². The van der Waals surface area contributed by atoms with Gasteiger partial charge in [-0.2, -0.15) is 0 Å². The summed E-state index contributed by atoms with van der Waals surface area (Å²) in [6.07, 6.45) is -0.0543.